The Balaban J connectivity index is 1.62. The van der Waals surface area contributed by atoms with Gasteiger partial charge in [-0.05, 0) is 35.9 Å². The zero-order chi connectivity index (χ0) is 24.2. The minimum absolute atomic E-state index is 0.0118. The van der Waals surface area contributed by atoms with Crippen LogP contribution in [0.15, 0.2) is 58.2 Å². The molecule has 4 N–H and O–H groups in total. The van der Waals surface area contributed by atoms with Crippen molar-refractivity contribution in [3.8, 4) is 5.69 Å². The van der Waals surface area contributed by atoms with Crippen LogP contribution in [0.4, 0.5) is 5.82 Å². The van der Waals surface area contributed by atoms with Gasteiger partial charge in [0, 0.05) is 6.07 Å². The highest BCUT2D eigenvalue weighted by Crippen LogP contribution is 2.28. The Morgan fingerprint density at radius 3 is 2.53 bits per heavy atom. The molecule has 0 bridgehead atoms. The van der Waals surface area contributed by atoms with E-state index in [1.54, 1.807) is 6.08 Å². The molecule has 0 spiro atoms. The lowest BCUT2D eigenvalue weighted by Gasteiger charge is -2.13. The van der Waals surface area contributed by atoms with Crippen molar-refractivity contribution in [1.82, 2.24) is 14.9 Å². The Hall–Kier alpha value is -4.13. The Morgan fingerprint density at radius 2 is 1.79 bits per heavy atom. The Morgan fingerprint density at radius 1 is 1.03 bits per heavy atom. The van der Waals surface area contributed by atoms with Gasteiger partial charge in [-0.3, -0.25) is 28.8 Å². The molecule has 0 saturated heterocycles. The third kappa shape index (κ3) is 3.59. The number of thiazole rings is 1. The SMILES string of the molecule is Nc1c2c(cc(=O)n1-c1ccc(C=Cc3nc4ccccc4s3)c(S(=O)(=O)O)c1)C(=O)NC2=O. The van der Waals surface area contributed by atoms with Crippen LogP contribution in [0, 0.1) is 0 Å². The molecule has 170 valence electrons. The number of para-hydroxylation sites is 1. The Bertz CT molecular complexity index is 1700. The maximum Gasteiger partial charge on any atom is 0.295 e. The van der Waals surface area contributed by atoms with Crippen molar-refractivity contribution >= 4 is 61.5 Å². The van der Waals surface area contributed by atoms with Crippen molar-refractivity contribution in [2.24, 2.45) is 0 Å². The molecular formula is C22H14N4O6S2. The first-order valence-electron chi connectivity index (χ1n) is 9.70. The van der Waals surface area contributed by atoms with Gasteiger partial charge in [-0.15, -0.1) is 11.3 Å². The van der Waals surface area contributed by atoms with Crippen molar-refractivity contribution in [3.05, 3.63) is 80.6 Å². The molecule has 0 fully saturated rings. The van der Waals surface area contributed by atoms with E-state index < -0.39 is 32.4 Å². The number of imide groups is 1. The molecule has 0 unspecified atom stereocenters. The standard InChI is InChI=1S/C22H14N4O6S2/c23-20-19-13(21(28)25-22(19)29)10-18(27)26(20)12-7-5-11(16(9-12)34(30,31)32)6-8-17-24-14-3-1-2-4-15(14)33-17/h1-10H,23H2,(H,25,28,29)(H,30,31,32). The summed E-state index contributed by atoms with van der Waals surface area (Å²) in [5.74, 6) is -1.84. The number of aromatic nitrogens is 2. The monoisotopic (exact) mass is 494 g/mol. The highest BCUT2D eigenvalue weighted by Gasteiger charge is 2.32. The van der Waals surface area contributed by atoms with Crippen LogP contribution in [-0.4, -0.2) is 34.3 Å². The molecular weight excluding hydrogens is 480 g/mol. The van der Waals surface area contributed by atoms with Crippen LogP contribution in [0.3, 0.4) is 0 Å². The molecule has 2 amide bonds. The minimum Gasteiger partial charge on any atom is -0.384 e. The molecule has 0 atom stereocenters. The predicted octanol–water partition coefficient (Wildman–Crippen LogP) is 2.33. The number of hydrogen-bond acceptors (Lipinski definition) is 8. The summed E-state index contributed by atoms with van der Waals surface area (Å²) >= 11 is 1.41. The first-order valence-corrected chi connectivity index (χ1v) is 12.0. The molecule has 10 nitrogen and oxygen atoms in total. The second kappa shape index (κ2) is 7.73. The van der Waals surface area contributed by atoms with E-state index in [4.69, 9.17) is 5.73 Å². The first kappa shape index (κ1) is 21.7. The van der Waals surface area contributed by atoms with E-state index in [1.807, 2.05) is 24.3 Å². The van der Waals surface area contributed by atoms with Crippen molar-refractivity contribution in [1.29, 1.82) is 0 Å². The zero-order valence-corrected chi connectivity index (χ0v) is 18.7. The number of nitrogens with one attached hydrogen (secondary N) is 1. The molecule has 5 rings (SSSR count). The summed E-state index contributed by atoms with van der Waals surface area (Å²) in [6, 6.07) is 12.3. The lowest BCUT2D eigenvalue weighted by atomic mass is 10.1. The summed E-state index contributed by atoms with van der Waals surface area (Å²) in [6.45, 7) is 0. The summed E-state index contributed by atoms with van der Waals surface area (Å²) in [6.07, 6.45) is 3.09. The number of benzene rings is 2. The maximum absolute atomic E-state index is 12.7. The fourth-order valence-corrected chi connectivity index (χ4v) is 5.27. The number of pyridine rings is 1. The zero-order valence-electron chi connectivity index (χ0n) is 17.1. The summed E-state index contributed by atoms with van der Waals surface area (Å²) in [4.78, 5) is 40.5. The third-order valence-electron chi connectivity index (χ3n) is 5.20. The minimum atomic E-state index is -4.71. The first-order chi connectivity index (χ1) is 16.1. The van der Waals surface area contributed by atoms with Crippen molar-refractivity contribution in [2.75, 3.05) is 5.73 Å². The summed E-state index contributed by atoms with van der Waals surface area (Å²) < 4.78 is 35.9. The van der Waals surface area contributed by atoms with Crippen LogP contribution < -0.4 is 16.6 Å². The highest BCUT2D eigenvalue weighted by atomic mass is 32.2. The van der Waals surface area contributed by atoms with E-state index in [0.717, 1.165) is 26.9 Å². The topological polar surface area (TPSA) is 161 Å². The molecule has 0 aliphatic carbocycles. The average molecular weight is 495 g/mol. The van der Waals surface area contributed by atoms with Crippen LogP contribution in [0.1, 0.15) is 31.3 Å². The number of nitrogen functional groups attached to an aromatic ring is 1. The van der Waals surface area contributed by atoms with Gasteiger partial charge in [-0.25, -0.2) is 4.98 Å². The number of nitrogens with two attached hydrogens (primary N) is 1. The largest absolute Gasteiger partial charge is 0.384 e. The van der Waals surface area contributed by atoms with Crippen LogP contribution >= 0.6 is 11.3 Å². The summed E-state index contributed by atoms with van der Waals surface area (Å²) in [7, 11) is -4.71. The van der Waals surface area contributed by atoms with Crippen molar-refractivity contribution in [3.63, 3.8) is 0 Å². The van der Waals surface area contributed by atoms with Crippen molar-refractivity contribution < 1.29 is 22.6 Å². The Labute approximate surface area is 195 Å². The van der Waals surface area contributed by atoms with Gasteiger partial charge in [0.05, 0.1) is 27.0 Å². The molecule has 0 saturated carbocycles. The van der Waals surface area contributed by atoms with E-state index >= 15 is 0 Å². The molecule has 0 radical (unpaired) electrons. The Kier molecular flexibility index (Phi) is 4.93. The molecule has 2 aromatic carbocycles. The normalized spacial score (nSPS) is 13.6. The molecule has 34 heavy (non-hydrogen) atoms. The lowest BCUT2D eigenvalue weighted by Crippen LogP contribution is -2.24. The lowest BCUT2D eigenvalue weighted by molar-refractivity contribution is 0.0880. The molecule has 12 heteroatoms. The molecule has 1 aliphatic heterocycles. The molecule has 3 heterocycles. The smallest absolute Gasteiger partial charge is 0.295 e. The van der Waals surface area contributed by atoms with Gasteiger partial charge in [-0.1, -0.05) is 24.3 Å². The van der Waals surface area contributed by atoms with Gasteiger partial charge in [0.15, 0.2) is 0 Å². The van der Waals surface area contributed by atoms with Crippen molar-refractivity contribution in [2.45, 2.75) is 4.90 Å². The number of fused-ring (bicyclic) bond motifs is 2. The second-order valence-corrected chi connectivity index (χ2v) is 9.78. The number of amides is 2. The quantitative estimate of drug-likeness (QED) is 0.288. The molecule has 4 aromatic rings. The predicted molar refractivity (Wildman–Crippen MR) is 127 cm³/mol. The van der Waals surface area contributed by atoms with Gasteiger partial charge in [0.25, 0.3) is 27.5 Å². The van der Waals surface area contributed by atoms with Crippen LogP contribution in [-0.2, 0) is 10.1 Å². The van der Waals surface area contributed by atoms with Gasteiger partial charge in [-0.2, -0.15) is 8.42 Å². The third-order valence-corrected chi connectivity index (χ3v) is 7.11. The van der Waals surface area contributed by atoms with E-state index in [9.17, 15) is 27.4 Å². The number of anilines is 1. The average Bonchev–Trinajstić information content (AvgIpc) is 3.31. The van der Waals surface area contributed by atoms with Crippen LogP contribution in [0.2, 0.25) is 0 Å². The number of carbonyl (C=O) groups excluding carboxylic acids is 2. The fourth-order valence-electron chi connectivity index (χ4n) is 3.69. The van der Waals surface area contributed by atoms with E-state index in [0.29, 0.717) is 5.01 Å². The number of hydrogen-bond donors (Lipinski definition) is 3. The second-order valence-electron chi connectivity index (χ2n) is 7.33. The van der Waals surface area contributed by atoms with Gasteiger partial charge in [0.2, 0.25) is 0 Å². The number of nitrogens with zero attached hydrogens (tertiary/aromatic N) is 2. The van der Waals surface area contributed by atoms with Crippen LogP contribution in [0.5, 0.6) is 0 Å². The van der Waals surface area contributed by atoms with Gasteiger partial charge >= 0.3 is 0 Å². The fraction of sp³-hybridized carbons (Fsp3) is 0. The van der Waals surface area contributed by atoms with E-state index in [-0.39, 0.29) is 28.2 Å². The summed E-state index contributed by atoms with van der Waals surface area (Å²) in [5, 5.41) is 2.68. The summed E-state index contributed by atoms with van der Waals surface area (Å²) in [5.41, 5.74) is 5.85. The molecule has 2 aromatic heterocycles. The highest BCUT2D eigenvalue weighted by molar-refractivity contribution is 7.86. The maximum atomic E-state index is 12.7. The van der Waals surface area contributed by atoms with E-state index in [1.165, 1.54) is 29.5 Å². The molecule has 1 aliphatic rings. The van der Waals surface area contributed by atoms with Gasteiger partial charge < -0.3 is 5.73 Å². The van der Waals surface area contributed by atoms with Crippen LogP contribution in [0.25, 0.3) is 28.1 Å². The van der Waals surface area contributed by atoms with E-state index in [2.05, 4.69) is 10.3 Å². The number of carbonyl (C=O) groups is 2. The number of rotatable bonds is 4. The van der Waals surface area contributed by atoms with Gasteiger partial charge in [0.1, 0.15) is 15.7 Å².